The van der Waals surface area contributed by atoms with Crippen molar-refractivity contribution in [3.63, 3.8) is 0 Å². The van der Waals surface area contributed by atoms with E-state index in [4.69, 9.17) is 11.6 Å². The average molecular weight is 490 g/mol. The van der Waals surface area contributed by atoms with Crippen LogP contribution in [0.2, 0.25) is 5.02 Å². The van der Waals surface area contributed by atoms with Gasteiger partial charge in [-0.15, -0.1) is 0 Å². The molecule has 3 aromatic carbocycles. The van der Waals surface area contributed by atoms with Crippen molar-refractivity contribution in [2.75, 3.05) is 13.6 Å². The third-order valence-corrected chi connectivity index (χ3v) is 6.24. The van der Waals surface area contributed by atoms with Crippen LogP contribution in [0.25, 0.3) is 10.9 Å². The van der Waals surface area contributed by atoms with E-state index in [-0.39, 0.29) is 11.0 Å². The minimum Gasteiger partial charge on any atom is -0.387 e. The van der Waals surface area contributed by atoms with Crippen molar-refractivity contribution < 1.29 is 9.90 Å². The first-order chi connectivity index (χ1) is 16.8. The maximum atomic E-state index is 13.2. The molecule has 0 aliphatic heterocycles. The van der Waals surface area contributed by atoms with E-state index in [1.165, 1.54) is 0 Å². The van der Waals surface area contributed by atoms with Crippen molar-refractivity contribution in [1.29, 1.82) is 0 Å². The molecule has 6 nitrogen and oxygen atoms in total. The second kappa shape index (κ2) is 10.9. The van der Waals surface area contributed by atoms with Crippen LogP contribution in [0.4, 0.5) is 0 Å². The summed E-state index contributed by atoms with van der Waals surface area (Å²) in [7, 11) is 3.74. The SMILES string of the molecule is CN(Cc1ccc2c(c1)c(=O)c(C(=O)NCc1ccc(Cl)cc1)cn2C)CC(O)c1ccccc1. The van der Waals surface area contributed by atoms with Crippen LogP contribution in [0.1, 0.15) is 33.2 Å². The van der Waals surface area contributed by atoms with Crippen LogP contribution < -0.4 is 10.7 Å². The Morgan fingerprint density at radius 2 is 1.74 bits per heavy atom. The van der Waals surface area contributed by atoms with Gasteiger partial charge in [0.25, 0.3) is 5.91 Å². The van der Waals surface area contributed by atoms with Gasteiger partial charge >= 0.3 is 0 Å². The van der Waals surface area contributed by atoms with Gasteiger partial charge in [-0.1, -0.05) is 60.1 Å². The van der Waals surface area contributed by atoms with E-state index in [9.17, 15) is 14.7 Å². The normalized spacial score (nSPS) is 12.1. The molecule has 0 bridgehead atoms. The highest BCUT2D eigenvalue weighted by molar-refractivity contribution is 6.30. The minimum atomic E-state index is -0.606. The molecular formula is C28H28ClN3O3. The number of carbonyl (C=O) groups is 1. The molecule has 4 aromatic rings. The van der Waals surface area contributed by atoms with Crippen LogP contribution in [-0.2, 0) is 20.1 Å². The number of aromatic nitrogens is 1. The summed E-state index contributed by atoms with van der Waals surface area (Å²) in [6.45, 7) is 1.30. The van der Waals surface area contributed by atoms with Crippen LogP contribution >= 0.6 is 11.6 Å². The van der Waals surface area contributed by atoms with Gasteiger partial charge < -0.3 is 15.0 Å². The standard InChI is InChI=1S/C28H28ClN3O3/c1-31(18-26(33)21-6-4-3-5-7-21)16-20-10-13-25-23(14-20)27(34)24(17-32(25)2)28(35)30-15-19-8-11-22(29)12-9-19/h3-14,17,26,33H,15-16,18H2,1-2H3,(H,30,35). The molecule has 0 fully saturated rings. The second-order valence-electron chi connectivity index (χ2n) is 8.77. The highest BCUT2D eigenvalue weighted by atomic mass is 35.5. The molecule has 0 saturated heterocycles. The van der Waals surface area contributed by atoms with E-state index in [0.717, 1.165) is 22.2 Å². The van der Waals surface area contributed by atoms with Crippen molar-refractivity contribution >= 4 is 28.4 Å². The summed E-state index contributed by atoms with van der Waals surface area (Å²) < 4.78 is 1.79. The van der Waals surface area contributed by atoms with Crippen molar-refractivity contribution in [3.05, 3.63) is 116 Å². The van der Waals surface area contributed by atoms with Gasteiger partial charge in [-0.3, -0.25) is 14.5 Å². The number of hydrogen-bond donors (Lipinski definition) is 2. The number of nitrogens with one attached hydrogen (secondary N) is 1. The number of benzene rings is 3. The van der Waals surface area contributed by atoms with E-state index in [1.807, 2.05) is 79.7 Å². The lowest BCUT2D eigenvalue weighted by atomic mass is 10.1. The van der Waals surface area contributed by atoms with Crippen molar-refractivity contribution in [3.8, 4) is 0 Å². The van der Waals surface area contributed by atoms with Crippen molar-refractivity contribution in [2.24, 2.45) is 7.05 Å². The van der Waals surface area contributed by atoms with Gasteiger partial charge in [-0.05, 0) is 48.0 Å². The lowest BCUT2D eigenvalue weighted by Crippen LogP contribution is -2.29. The number of likely N-dealkylation sites (N-methyl/N-ethyl adjacent to an activating group) is 1. The summed E-state index contributed by atoms with van der Waals surface area (Å²) in [4.78, 5) is 28.1. The number of halogens is 1. The largest absolute Gasteiger partial charge is 0.387 e. The molecule has 1 atom stereocenters. The Balaban J connectivity index is 1.51. The smallest absolute Gasteiger partial charge is 0.257 e. The summed E-state index contributed by atoms with van der Waals surface area (Å²) in [5, 5.41) is 14.5. The van der Waals surface area contributed by atoms with Crippen LogP contribution in [0.5, 0.6) is 0 Å². The van der Waals surface area contributed by atoms with E-state index in [0.29, 0.717) is 30.0 Å². The van der Waals surface area contributed by atoms with Gasteiger partial charge in [0, 0.05) is 43.3 Å². The molecule has 0 saturated carbocycles. The number of pyridine rings is 1. The maximum Gasteiger partial charge on any atom is 0.257 e. The topological polar surface area (TPSA) is 74.6 Å². The van der Waals surface area contributed by atoms with Crippen LogP contribution in [-0.4, -0.2) is 34.1 Å². The molecule has 35 heavy (non-hydrogen) atoms. The summed E-state index contributed by atoms with van der Waals surface area (Å²) in [6.07, 6.45) is 0.967. The lowest BCUT2D eigenvalue weighted by molar-refractivity contribution is 0.0949. The quantitative estimate of drug-likeness (QED) is 0.387. The molecule has 1 aromatic heterocycles. The van der Waals surface area contributed by atoms with Crippen LogP contribution in [0, 0.1) is 0 Å². The number of fused-ring (bicyclic) bond motifs is 1. The van der Waals surface area contributed by atoms with Gasteiger partial charge in [0.15, 0.2) is 0 Å². The van der Waals surface area contributed by atoms with Gasteiger partial charge in [0.2, 0.25) is 5.43 Å². The van der Waals surface area contributed by atoms with E-state index < -0.39 is 12.0 Å². The number of hydrogen-bond acceptors (Lipinski definition) is 4. The zero-order valence-corrected chi connectivity index (χ0v) is 20.5. The molecule has 0 spiro atoms. The molecule has 7 heteroatoms. The fourth-order valence-corrected chi connectivity index (χ4v) is 4.26. The third kappa shape index (κ3) is 5.98. The highest BCUT2D eigenvalue weighted by Gasteiger charge is 2.16. The van der Waals surface area contributed by atoms with Gasteiger partial charge in [0.05, 0.1) is 11.6 Å². The zero-order valence-electron chi connectivity index (χ0n) is 19.7. The van der Waals surface area contributed by atoms with Gasteiger partial charge in [-0.25, -0.2) is 0 Å². The molecule has 4 rings (SSSR count). The molecular weight excluding hydrogens is 462 g/mol. The molecule has 1 heterocycles. The monoisotopic (exact) mass is 489 g/mol. The summed E-state index contributed by atoms with van der Waals surface area (Å²) >= 11 is 5.91. The Labute approximate surface area is 209 Å². The number of rotatable bonds is 8. The molecule has 0 aliphatic carbocycles. The molecule has 0 radical (unpaired) electrons. The summed E-state index contributed by atoms with van der Waals surface area (Å²) in [5.41, 5.74) is 3.22. The van der Waals surface area contributed by atoms with E-state index in [2.05, 4.69) is 5.32 Å². The predicted molar refractivity (Wildman–Crippen MR) is 140 cm³/mol. The Morgan fingerprint density at radius 1 is 1.06 bits per heavy atom. The van der Waals surface area contributed by atoms with Crippen molar-refractivity contribution in [2.45, 2.75) is 19.2 Å². The first-order valence-electron chi connectivity index (χ1n) is 11.4. The van der Waals surface area contributed by atoms with Crippen molar-refractivity contribution in [1.82, 2.24) is 14.8 Å². The summed E-state index contributed by atoms with van der Waals surface area (Å²) in [5.74, 6) is -0.420. The lowest BCUT2D eigenvalue weighted by Gasteiger charge is -2.21. The average Bonchev–Trinajstić information content (AvgIpc) is 2.86. The Morgan fingerprint density at radius 3 is 2.46 bits per heavy atom. The number of amides is 1. The fraction of sp³-hybridized carbons (Fsp3) is 0.214. The van der Waals surface area contributed by atoms with E-state index >= 15 is 0 Å². The highest BCUT2D eigenvalue weighted by Crippen LogP contribution is 2.18. The summed E-state index contributed by atoms with van der Waals surface area (Å²) in [6, 6.07) is 22.4. The number of aryl methyl sites for hydroxylation is 1. The fourth-order valence-electron chi connectivity index (χ4n) is 4.13. The van der Waals surface area contributed by atoms with Gasteiger partial charge in [-0.2, -0.15) is 0 Å². The number of aliphatic hydroxyl groups is 1. The maximum absolute atomic E-state index is 13.2. The van der Waals surface area contributed by atoms with Crippen LogP contribution in [0.15, 0.2) is 83.8 Å². The third-order valence-electron chi connectivity index (χ3n) is 5.99. The number of carbonyl (C=O) groups excluding carboxylic acids is 1. The van der Waals surface area contributed by atoms with Crippen LogP contribution in [0.3, 0.4) is 0 Å². The van der Waals surface area contributed by atoms with Gasteiger partial charge in [0.1, 0.15) is 5.56 Å². The number of nitrogens with zero attached hydrogens (tertiary/aromatic N) is 2. The van der Waals surface area contributed by atoms with E-state index in [1.54, 1.807) is 22.9 Å². The Kier molecular flexibility index (Phi) is 7.66. The Bertz CT molecular complexity index is 1380. The molecule has 1 amide bonds. The zero-order chi connectivity index (χ0) is 24.9. The first-order valence-corrected chi connectivity index (χ1v) is 11.8. The predicted octanol–water partition coefficient (Wildman–Crippen LogP) is 4.29. The molecule has 0 aliphatic rings. The minimum absolute atomic E-state index is 0.0963. The molecule has 2 N–H and O–H groups in total. The second-order valence-corrected chi connectivity index (χ2v) is 9.20. The first kappa shape index (κ1) is 24.7. The Hall–Kier alpha value is -3.45. The molecule has 180 valence electrons. The number of aliphatic hydroxyl groups excluding tert-OH is 1. The molecule has 1 unspecified atom stereocenters.